The zero-order valence-corrected chi connectivity index (χ0v) is 19.1. The number of benzene rings is 1. The van der Waals surface area contributed by atoms with E-state index < -0.39 is 5.60 Å². The lowest BCUT2D eigenvalue weighted by Crippen LogP contribution is -2.40. The fraction of sp³-hybridized carbons (Fsp3) is 0.500. The number of carbonyl (C=O) groups is 1. The van der Waals surface area contributed by atoms with Gasteiger partial charge in [0, 0.05) is 33.4 Å². The summed E-state index contributed by atoms with van der Waals surface area (Å²) in [5.41, 5.74) is 3.65. The van der Waals surface area contributed by atoms with E-state index in [0.717, 1.165) is 45.0 Å². The lowest BCUT2D eigenvalue weighted by molar-refractivity contribution is 0.0222. The van der Waals surface area contributed by atoms with Crippen LogP contribution in [-0.2, 0) is 29.0 Å². The van der Waals surface area contributed by atoms with E-state index in [2.05, 4.69) is 27.3 Å². The third-order valence-electron chi connectivity index (χ3n) is 4.76. The maximum absolute atomic E-state index is 12.6. The van der Waals surface area contributed by atoms with Crippen LogP contribution in [0, 0.1) is 3.57 Å². The highest BCUT2D eigenvalue weighted by molar-refractivity contribution is 14.1. The summed E-state index contributed by atoms with van der Waals surface area (Å²) in [7, 11) is 0. The Bertz CT molecular complexity index is 918. The average molecular weight is 516 g/mol. The highest BCUT2D eigenvalue weighted by atomic mass is 127. The topological polar surface area (TPSA) is 59.9 Å². The van der Waals surface area contributed by atoms with Gasteiger partial charge in [-0.15, -0.1) is 0 Å². The molecule has 0 bridgehead atoms. The number of nitrogens with zero attached hydrogens (tertiary/aromatic N) is 3. The second-order valence-corrected chi connectivity index (χ2v) is 9.76. The molecule has 2 aliphatic rings. The Hall–Kier alpha value is -1.32. The van der Waals surface area contributed by atoms with Gasteiger partial charge in [0.2, 0.25) is 0 Å². The Labute approximate surface area is 183 Å². The number of ether oxygens (including phenoxy) is 2. The van der Waals surface area contributed by atoms with E-state index in [-0.39, 0.29) is 12.2 Å². The molecular formula is C20H23ClIN3O3. The standard InChI is InChI=1S/C20H23ClIN3O3/c1-20(2,3)28-19(26)24-7-6-17-14(10-24)18(23-25(17)9-13-11-27-13)12-4-5-15(21)16(22)8-12/h4-5,8,13H,6-7,9-11H2,1-3H3/t13-/m1/s1. The van der Waals surface area contributed by atoms with E-state index in [0.29, 0.717) is 13.1 Å². The molecule has 4 rings (SSSR count). The van der Waals surface area contributed by atoms with Crippen LogP contribution >= 0.6 is 34.2 Å². The van der Waals surface area contributed by atoms with Crippen molar-refractivity contribution in [3.8, 4) is 11.3 Å². The van der Waals surface area contributed by atoms with Crippen LogP contribution in [0.2, 0.25) is 5.02 Å². The smallest absolute Gasteiger partial charge is 0.410 e. The summed E-state index contributed by atoms with van der Waals surface area (Å²) < 4.78 is 14.0. The second kappa shape index (κ2) is 7.50. The lowest BCUT2D eigenvalue weighted by atomic mass is 10.0. The SMILES string of the molecule is CC(C)(C)OC(=O)N1CCc2c(c(-c3ccc(Cl)c(I)c3)nn2C[C@@H]2CO2)C1. The number of aromatic nitrogens is 2. The van der Waals surface area contributed by atoms with E-state index in [9.17, 15) is 4.79 Å². The maximum Gasteiger partial charge on any atom is 0.410 e. The van der Waals surface area contributed by atoms with Crippen molar-refractivity contribution in [3.63, 3.8) is 0 Å². The molecule has 3 heterocycles. The van der Waals surface area contributed by atoms with Gasteiger partial charge < -0.3 is 14.4 Å². The zero-order chi connectivity index (χ0) is 20.1. The van der Waals surface area contributed by atoms with Gasteiger partial charge in [-0.3, -0.25) is 4.68 Å². The summed E-state index contributed by atoms with van der Waals surface area (Å²) in [4.78, 5) is 14.4. The van der Waals surface area contributed by atoms with Crippen LogP contribution in [0.4, 0.5) is 4.79 Å². The van der Waals surface area contributed by atoms with Gasteiger partial charge >= 0.3 is 6.09 Å². The first-order valence-electron chi connectivity index (χ1n) is 9.35. The van der Waals surface area contributed by atoms with E-state index in [1.807, 2.05) is 39.0 Å². The number of carbonyl (C=O) groups excluding carboxylic acids is 1. The normalized spacial score (nSPS) is 18.8. The summed E-state index contributed by atoms with van der Waals surface area (Å²) in [6.07, 6.45) is 0.707. The van der Waals surface area contributed by atoms with Crippen molar-refractivity contribution < 1.29 is 14.3 Å². The van der Waals surface area contributed by atoms with Gasteiger partial charge in [-0.05, 0) is 55.5 Å². The van der Waals surface area contributed by atoms with Crippen molar-refractivity contribution in [2.24, 2.45) is 0 Å². The van der Waals surface area contributed by atoms with E-state index in [4.69, 9.17) is 26.2 Å². The number of hydrogen-bond acceptors (Lipinski definition) is 4. The number of rotatable bonds is 3. The third-order valence-corrected chi connectivity index (χ3v) is 6.30. The highest BCUT2D eigenvalue weighted by Gasteiger charge is 2.32. The van der Waals surface area contributed by atoms with Crippen LogP contribution in [0.1, 0.15) is 32.0 Å². The number of halogens is 2. The Kier molecular flexibility index (Phi) is 5.35. The van der Waals surface area contributed by atoms with Crippen molar-refractivity contribution in [1.82, 2.24) is 14.7 Å². The van der Waals surface area contributed by atoms with Crippen LogP contribution in [0.15, 0.2) is 18.2 Å². The molecule has 1 saturated heterocycles. The quantitative estimate of drug-likeness (QED) is 0.446. The van der Waals surface area contributed by atoms with Crippen LogP contribution in [0.5, 0.6) is 0 Å². The molecule has 2 aromatic rings. The molecule has 6 nitrogen and oxygen atoms in total. The molecule has 1 aromatic heterocycles. The minimum Gasteiger partial charge on any atom is -0.444 e. The molecule has 0 saturated carbocycles. The van der Waals surface area contributed by atoms with Crippen molar-refractivity contribution in [2.75, 3.05) is 13.2 Å². The lowest BCUT2D eigenvalue weighted by Gasteiger charge is -2.30. The first-order valence-corrected chi connectivity index (χ1v) is 10.8. The highest BCUT2D eigenvalue weighted by Crippen LogP contribution is 2.33. The van der Waals surface area contributed by atoms with Crippen molar-refractivity contribution >= 4 is 40.3 Å². The number of amides is 1. The van der Waals surface area contributed by atoms with Gasteiger partial charge in [-0.2, -0.15) is 5.10 Å². The van der Waals surface area contributed by atoms with Gasteiger partial charge in [0.05, 0.1) is 30.4 Å². The molecule has 2 aliphatic heterocycles. The van der Waals surface area contributed by atoms with Crippen molar-refractivity contribution in [1.29, 1.82) is 0 Å². The fourth-order valence-corrected chi connectivity index (χ4v) is 4.00. The Morgan fingerprint density at radius 3 is 2.82 bits per heavy atom. The predicted molar refractivity (Wildman–Crippen MR) is 115 cm³/mol. The monoisotopic (exact) mass is 515 g/mol. The first-order chi connectivity index (χ1) is 13.2. The molecule has 0 radical (unpaired) electrons. The Morgan fingerprint density at radius 1 is 1.43 bits per heavy atom. The molecule has 1 aromatic carbocycles. The molecular weight excluding hydrogens is 493 g/mol. The summed E-state index contributed by atoms with van der Waals surface area (Å²) in [6.45, 7) is 8.30. The van der Waals surface area contributed by atoms with E-state index in [1.54, 1.807) is 4.90 Å². The molecule has 28 heavy (non-hydrogen) atoms. The Morgan fingerprint density at radius 2 is 2.18 bits per heavy atom. The van der Waals surface area contributed by atoms with Crippen LogP contribution in [0.3, 0.4) is 0 Å². The largest absolute Gasteiger partial charge is 0.444 e. The molecule has 0 unspecified atom stereocenters. The predicted octanol–water partition coefficient (Wildman–Crippen LogP) is 4.50. The molecule has 150 valence electrons. The summed E-state index contributed by atoms with van der Waals surface area (Å²) >= 11 is 8.43. The molecule has 0 N–H and O–H groups in total. The third kappa shape index (κ3) is 4.31. The minimum absolute atomic E-state index is 0.242. The maximum atomic E-state index is 12.6. The molecule has 8 heteroatoms. The number of epoxide rings is 1. The van der Waals surface area contributed by atoms with Gasteiger partial charge in [-0.1, -0.05) is 17.7 Å². The molecule has 0 aliphatic carbocycles. The second-order valence-electron chi connectivity index (χ2n) is 8.19. The van der Waals surface area contributed by atoms with Crippen LogP contribution in [-0.4, -0.2) is 45.6 Å². The summed E-state index contributed by atoms with van der Waals surface area (Å²) in [5.74, 6) is 0. The molecule has 1 atom stereocenters. The van der Waals surface area contributed by atoms with Crippen LogP contribution in [0.25, 0.3) is 11.3 Å². The molecule has 1 amide bonds. The minimum atomic E-state index is -0.514. The van der Waals surface area contributed by atoms with Gasteiger partial charge in [-0.25, -0.2) is 4.79 Å². The van der Waals surface area contributed by atoms with E-state index >= 15 is 0 Å². The number of fused-ring (bicyclic) bond motifs is 1. The van der Waals surface area contributed by atoms with Crippen molar-refractivity contribution in [2.45, 2.75) is 52.0 Å². The van der Waals surface area contributed by atoms with Gasteiger partial charge in [0.1, 0.15) is 11.7 Å². The van der Waals surface area contributed by atoms with Gasteiger partial charge in [0.15, 0.2) is 0 Å². The summed E-state index contributed by atoms with van der Waals surface area (Å²) in [6, 6.07) is 5.91. The van der Waals surface area contributed by atoms with Crippen LogP contribution < -0.4 is 0 Å². The van der Waals surface area contributed by atoms with Crippen molar-refractivity contribution in [3.05, 3.63) is 38.0 Å². The number of hydrogen-bond donors (Lipinski definition) is 0. The van der Waals surface area contributed by atoms with Gasteiger partial charge in [0.25, 0.3) is 0 Å². The average Bonchev–Trinajstić information content (AvgIpc) is 3.36. The molecule has 0 spiro atoms. The Balaban J connectivity index is 1.68. The van der Waals surface area contributed by atoms with E-state index in [1.165, 1.54) is 5.69 Å². The zero-order valence-electron chi connectivity index (χ0n) is 16.2. The fourth-order valence-electron chi connectivity index (χ4n) is 3.37. The summed E-state index contributed by atoms with van der Waals surface area (Å²) in [5, 5.41) is 5.61. The first kappa shape index (κ1) is 20.0. The molecule has 1 fully saturated rings.